The van der Waals surface area contributed by atoms with Crippen molar-refractivity contribution in [1.29, 1.82) is 0 Å². The Hall–Kier alpha value is -3.19. The summed E-state index contributed by atoms with van der Waals surface area (Å²) in [5, 5.41) is 3.96. The molecule has 4 aliphatic rings. The molecule has 0 saturated carbocycles. The molecule has 3 amide bonds. The second-order valence-corrected chi connectivity index (χ2v) is 8.82. The number of carbonyl (C=O) groups is 2. The first-order valence-electron chi connectivity index (χ1n) is 7.44. The van der Waals surface area contributed by atoms with Crippen molar-refractivity contribution in [2.75, 3.05) is 22.9 Å². The van der Waals surface area contributed by atoms with E-state index in [9.17, 15) is 14.2 Å². The molecule has 9 nitrogen and oxygen atoms in total. The number of hydrogen-bond donors (Lipinski definition) is 5. The third kappa shape index (κ3) is 1.35. The lowest BCUT2D eigenvalue weighted by Crippen LogP contribution is -2.29. The molecular formula is C15H13N6O3P. The monoisotopic (exact) mass is 356 g/mol. The summed E-state index contributed by atoms with van der Waals surface area (Å²) in [7, 11) is -2.68. The molecule has 4 heterocycles. The van der Waals surface area contributed by atoms with Crippen molar-refractivity contribution in [3.8, 4) is 0 Å². The first kappa shape index (κ1) is 14.2. The van der Waals surface area contributed by atoms with Crippen LogP contribution in [-0.2, 0) is 9.36 Å². The zero-order chi connectivity index (χ0) is 17.8. The van der Waals surface area contributed by atoms with E-state index in [1.807, 2.05) is 0 Å². The van der Waals surface area contributed by atoms with Gasteiger partial charge in [0.05, 0.1) is 33.4 Å². The number of hydrogen-bond acceptors (Lipinski definition) is 7. The maximum Gasteiger partial charge on any atom is 0.329 e. The number of amides is 3. The van der Waals surface area contributed by atoms with Gasteiger partial charge in [0.25, 0.3) is 0 Å². The van der Waals surface area contributed by atoms with Crippen LogP contribution in [0.25, 0.3) is 5.57 Å². The predicted octanol–water partition coefficient (Wildman–Crippen LogP) is 0.363. The maximum absolute atomic E-state index is 12.8. The third-order valence-electron chi connectivity index (χ3n) is 4.98. The third-order valence-corrected chi connectivity index (χ3v) is 8.04. The molecule has 1 atom stereocenters. The standard InChI is InChI=1S/C15H13N6O3P/c16-4-1-2-5(21-3-6(22)20-15(21)23)9(17)7(4)8-10(18)13-11(19)14-12(8)25(13,14)24/h1-2H,3,16-19H2,(H,20,22,23). The molecule has 1 saturated heterocycles. The number of carbonyl (C=O) groups excluding carboxylic acids is 2. The minimum Gasteiger partial charge on any atom is -0.398 e. The Balaban J connectivity index is 1.70. The Labute approximate surface area is 141 Å². The van der Waals surface area contributed by atoms with Crippen molar-refractivity contribution in [1.82, 2.24) is 5.32 Å². The lowest BCUT2D eigenvalue weighted by molar-refractivity contribution is -0.117. The van der Waals surface area contributed by atoms with Crippen molar-refractivity contribution < 1.29 is 14.2 Å². The molecule has 25 heavy (non-hydrogen) atoms. The van der Waals surface area contributed by atoms with Gasteiger partial charge in [0.2, 0.25) is 5.91 Å². The Bertz CT molecular complexity index is 1110. The van der Waals surface area contributed by atoms with Crippen molar-refractivity contribution in [3.05, 3.63) is 45.0 Å². The van der Waals surface area contributed by atoms with E-state index in [0.29, 0.717) is 49.8 Å². The molecule has 10 heteroatoms. The Morgan fingerprint density at radius 1 is 1.00 bits per heavy atom. The highest BCUT2D eigenvalue weighted by Crippen LogP contribution is 2.97. The molecule has 126 valence electrons. The van der Waals surface area contributed by atoms with Crippen LogP contribution in [0.2, 0.25) is 0 Å². The van der Waals surface area contributed by atoms with Crippen LogP contribution in [0, 0.1) is 0 Å². The predicted molar refractivity (Wildman–Crippen MR) is 93.1 cm³/mol. The largest absolute Gasteiger partial charge is 0.398 e. The maximum atomic E-state index is 12.8. The van der Waals surface area contributed by atoms with Crippen molar-refractivity contribution in [3.63, 3.8) is 0 Å². The SMILES string of the molecule is NC1=C(c2c(N)ccc(N3CC(=O)NC3=O)c2N)C2=C3C(N)=C1P32=O. The van der Waals surface area contributed by atoms with Gasteiger partial charge in [-0.25, -0.2) is 4.79 Å². The topological polar surface area (TPSA) is 171 Å². The average molecular weight is 356 g/mol. The van der Waals surface area contributed by atoms with Gasteiger partial charge in [-0.15, -0.1) is 0 Å². The number of nitrogen functional groups attached to an aromatic ring is 2. The van der Waals surface area contributed by atoms with Gasteiger partial charge in [-0.05, 0) is 12.1 Å². The zero-order valence-corrected chi connectivity index (χ0v) is 13.7. The first-order valence-corrected chi connectivity index (χ1v) is 9.15. The molecular weight excluding hydrogens is 343 g/mol. The second-order valence-electron chi connectivity index (χ2n) is 6.26. The van der Waals surface area contributed by atoms with Gasteiger partial charge in [-0.3, -0.25) is 15.0 Å². The van der Waals surface area contributed by atoms with Crippen LogP contribution in [0.3, 0.4) is 0 Å². The number of anilines is 3. The van der Waals surface area contributed by atoms with Gasteiger partial charge in [0, 0.05) is 22.1 Å². The zero-order valence-electron chi connectivity index (χ0n) is 12.8. The highest BCUT2D eigenvalue weighted by molar-refractivity contribution is 7.87. The number of nitrogens with zero attached hydrogens (tertiary/aromatic N) is 1. The van der Waals surface area contributed by atoms with E-state index < -0.39 is 19.1 Å². The number of nitrogens with one attached hydrogen (secondary N) is 1. The fourth-order valence-electron chi connectivity index (χ4n) is 3.85. The minimum absolute atomic E-state index is 0.133. The lowest BCUT2D eigenvalue weighted by atomic mass is 9.95. The van der Waals surface area contributed by atoms with Crippen LogP contribution in [0.4, 0.5) is 21.9 Å². The highest BCUT2D eigenvalue weighted by atomic mass is 31.2. The molecule has 4 aliphatic heterocycles. The quantitative estimate of drug-likeness (QED) is 0.289. The van der Waals surface area contributed by atoms with Crippen LogP contribution >= 0.6 is 7.14 Å². The van der Waals surface area contributed by atoms with E-state index >= 15 is 0 Å². The normalized spacial score (nSPS) is 26.3. The van der Waals surface area contributed by atoms with Crippen molar-refractivity contribution in [2.24, 2.45) is 11.5 Å². The van der Waals surface area contributed by atoms with E-state index in [1.165, 1.54) is 4.90 Å². The number of urea groups is 1. The second kappa shape index (κ2) is 3.89. The van der Waals surface area contributed by atoms with Crippen LogP contribution in [0.5, 0.6) is 0 Å². The summed E-state index contributed by atoms with van der Waals surface area (Å²) < 4.78 is 12.8. The summed E-state index contributed by atoms with van der Waals surface area (Å²) in [4.78, 5) is 24.6. The van der Waals surface area contributed by atoms with Crippen LogP contribution in [0.1, 0.15) is 5.56 Å². The minimum atomic E-state index is -2.68. The average Bonchev–Trinajstić information content (AvgIpc) is 2.76. The Morgan fingerprint density at radius 2 is 1.72 bits per heavy atom. The summed E-state index contributed by atoms with van der Waals surface area (Å²) in [6.45, 7) is -0.133. The Morgan fingerprint density at radius 3 is 2.28 bits per heavy atom. The number of allylic oxidation sites excluding steroid dienone is 4. The van der Waals surface area contributed by atoms with Gasteiger partial charge in [-0.1, -0.05) is 0 Å². The summed E-state index contributed by atoms with van der Waals surface area (Å²) >= 11 is 0. The molecule has 0 aliphatic carbocycles. The molecule has 0 spiro atoms. The molecule has 1 aromatic rings. The number of nitrogens with two attached hydrogens (primary N) is 4. The van der Waals surface area contributed by atoms with Crippen LogP contribution in [0.15, 0.2) is 39.5 Å². The number of rotatable bonds is 2. The fraction of sp³-hybridized carbons (Fsp3) is 0.0667. The van der Waals surface area contributed by atoms with Gasteiger partial charge in [-0.2, -0.15) is 0 Å². The molecule has 5 rings (SSSR count). The van der Waals surface area contributed by atoms with E-state index in [-0.39, 0.29) is 12.2 Å². The summed E-state index contributed by atoms with van der Waals surface area (Å²) in [6.07, 6.45) is 0. The van der Waals surface area contributed by atoms with Gasteiger partial charge in [0.1, 0.15) is 6.54 Å². The summed E-state index contributed by atoms with van der Waals surface area (Å²) in [5.74, 6) is -0.418. The van der Waals surface area contributed by atoms with Crippen molar-refractivity contribution >= 4 is 41.7 Å². The van der Waals surface area contributed by atoms with Gasteiger partial charge >= 0.3 is 6.03 Å². The molecule has 1 aromatic carbocycles. The van der Waals surface area contributed by atoms with Crippen LogP contribution < -0.4 is 33.2 Å². The summed E-state index contributed by atoms with van der Waals surface area (Å²) in [6, 6.07) is 2.59. The van der Waals surface area contributed by atoms with Gasteiger partial charge < -0.3 is 27.5 Å². The highest BCUT2D eigenvalue weighted by Gasteiger charge is 2.69. The smallest absolute Gasteiger partial charge is 0.329 e. The molecule has 1 unspecified atom stereocenters. The van der Waals surface area contributed by atoms with E-state index in [2.05, 4.69) is 5.32 Å². The molecule has 1 fully saturated rings. The molecule has 0 aromatic heterocycles. The molecule has 0 radical (unpaired) electrons. The van der Waals surface area contributed by atoms with Crippen LogP contribution in [-0.4, -0.2) is 18.5 Å². The molecule has 0 bridgehead atoms. The number of imide groups is 1. The molecule has 9 N–H and O–H groups in total. The van der Waals surface area contributed by atoms with Gasteiger partial charge in [0.15, 0.2) is 7.14 Å². The summed E-state index contributed by atoms with van der Waals surface area (Å²) in [5.41, 5.74) is 27.1. The number of benzene rings is 1. The Kier molecular flexibility index (Phi) is 2.21. The van der Waals surface area contributed by atoms with E-state index in [4.69, 9.17) is 22.9 Å². The first-order chi connectivity index (χ1) is 11.8. The lowest BCUT2D eigenvalue weighted by Gasteiger charge is -2.21. The van der Waals surface area contributed by atoms with E-state index in [0.717, 1.165) is 0 Å². The fourth-order valence-corrected chi connectivity index (χ4v) is 6.99. The van der Waals surface area contributed by atoms with E-state index in [1.54, 1.807) is 12.1 Å². The van der Waals surface area contributed by atoms with Crippen molar-refractivity contribution in [2.45, 2.75) is 0 Å².